The average molecular weight is 381 g/mol. The number of benzene rings is 1. The highest BCUT2D eigenvalue weighted by Crippen LogP contribution is 2.31. The summed E-state index contributed by atoms with van der Waals surface area (Å²) in [4.78, 5) is 14.8. The van der Waals surface area contributed by atoms with Crippen molar-refractivity contribution in [2.45, 2.75) is 31.7 Å². The van der Waals surface area contributed by atoms with Crippen LogP contribution >= 0.6 is 23.2 Å². The number of amides is 1. The number of ether oxygens (including phenoxy) is 1. The van der Waals surface area contributed by atoms with Gasteiger partial charge in [-0.1, -0.05) is 36.0 Å². The molecule has 0 spiro atoms. The summed E-state index contributed by atoms with van der Waals surface area (Å²) in [5, 5.41) is 0.954. The molecule has 0 radical (unpaired) electrons. The largest absolute Gasteiger partial charge is 0.482 e. The number of aryl methyl sites for hydroxylation is 1. The summed E-state index contributed by atoms with van der Waals surface area (Å²) in [7, 11) is 2.02. The topological polar surface area (TPSA) is 34.5 Å². The molecule has 0 N–H and O–H groups in total. The van der Waals surface area contributed by atoms with Crippen LogP contribution in [-0.4, -0.2) is 28.5 Å². The molecule has 1 aromatic carbocycles. The first kappa shape index (κ1) is 18.2. The maximum Gasteiger partial charge on any atom is 0.261 e. The molecule has 134 valence electrons. The molecule has 1 atom stereocenters. The zero-order chi connectivity index (χ0) is 17.8. The predicted octanol–water partition coefficient (Wildman–Crippen LogP) is 4.85. The van der Waals surface area contributed by atoms with E-state index in [2.05, 4.69) is 10.6 Å². The Kier molecular flexibility index (Phi) is 5.92. The standard InChI is InChI=1S/C19H22Cl2N2O2/c1-22-10-5-7-16(22)17-6-3-2-4-11-23(17)19(24)13-25-18-9-8-14(20)12-15(18)21/h5,7-10,12,17H,2-4,6,11,13H2,1H3/t17-/m1/s1. The maximum absolute atomic E-state index is 12.8. The first-order chi connectivity index (χ1) is 12.1. The smallest absolute Gasteiger partial charge is 0.261 e. The number of rotatable bonds is 4. The highest BCUT2D eigenvalue weighted by atomic mass is 35.5. The summed E-state index contributed by atoms with van der Waals surface area (Å²) in [5.41, 5.74) is 1.17. The van der Waals surface area contributed by atoms with Crippen LogP contribution < -0.4 is 4.74 Å². The molecule has 2 aromatic rings. The molecule has 4 nitrogen and oxygen atoms in total. The van der Waals surface area contributed by atoms with Gasteiger partial charge in [-0.3, -0.25) is 4.79 Å². The van der Waals surface area contributed by atoms with E-state index in [1.54, 1.807) is 18.2 Å². The lowest BCUT2D eigenvalue weighted by molar-refractivity contribution is -0.136. The van der Waals surface area contributed by atoms with Crippen molar-refractivity contribution < 1.29 is 9.53 Å². The maximum atomic E-state index is 12.8. The number of carbonyl (C=O) groups is 1. The van der Waals surface area contributed by atoms with Crippen molar-refractivity contribution in [2.75, 3.05) is 13.2 Å². The zero-order valence-corrected chi connectivity index (χ0v) is 15.8. The molecule has 0 unspecified atom stereocenters. The van der Waals surface area contributed by atoms with E-state index in [0.717, 1.165) is 32.2 Å². The minimum Gasteiger partial charge on any atom is -0.482 e. The van der Waals surface area contributed by atoms with Gasteiger partial charge in [-0.05, 0) is 43.2 Å². The number of hydrogen-bond acceptors (Lipinski definition) is 2. The third-order valence-corrected chi connectivity index (χ3v) is 5.17. The molecule has 0 aliphatic carbocycles. The number of hydrogen-bond donors (Lipinski definition) is 0. The Balaban J connectivity index is 1.72. The van der Waals surface area contributed by atoms with E-state index in [1.807, 2.05) is 24.2 Å². The highest BCUT2D eigenvalue weighted by Gasteiger charge is 2.28. The first-order valence-electron chi connectivity index (χ1n) is 8.55. The molecular formula is C19H22Cl2N2O2. The van der Waals surface area contributed by atoms with Crippen molar-refractivity contribution in [1.82, 2.24) is 9.47 Å². The molecular weight excluding hydrogens is 359 g/mol. The highest BCUT2D eigenvalue weighted by molar-refractivity contribution is 6.35. The second-order valence-electron chi connectivity index (χ2n) is 6.36. The third-order valence-electron chi connectivity index (χ3n) is 4.64. The number of aromatic nitrogens is 1. The van der Waals surface area contributed by atoms with Gasteiger partial charge in [-0.2, -0.15) is 0 Å². The number of likely N-dealkylation sites (tertiary alicyclic amines) is 1. The summed E-state index contributed by atoms with van der Waals surface area (Å²) in [6.07, 6.45) is 6.30. The van der Waals surface area contributed by atoms with Crippen molar-refractivity contribution in [2.24, 2.45) is 7.05 Å². The Morgan fingerprint density at radius 1 is 1.24 bits per heavy atom. The van der Waals surface area contributed by atoms with Crippen molar-refractivity contribution in [3.8, 4) is 5.75 Å². The van der Waals surface area contributed by atoms with E-state index >= 15 is 0 Å². The molecule has 1 amide bonds. The van der Waals surface area contributed by atoms with Gasteiger partial charge in [0.05, 0.1) is 11.1 Å². The van der Waals surface area contributed by atoms with E-state index in [-0.39, 0.29) is 18.6 Å². The van der Waals surface area contributed by atoms with Gasteiger partial charge in [-0.25, -0.2) is 0 Å². The normalized spacial score (nSPS) is 18.0. The van der Waals surface area contributed by atoms with Crippen molar-refractivity contribution in [1.29, 1.82) is 0 Å². The van der Waals surface area contributed by atoms with Crippen LogP contribution in [-0.2, 0) is 11.8 Å². The van der Waals surface area contributed by atoms with Crippen LogP contribution in [0.15, 0.2) is 36.5 Å². The van der Waals surface area contributed by atoms with Gasteiger partial charge in [0.25, 0.3) is 5.91 Å². The number of halogens is 2. The Labute approximate surface area is 158 Å². The van der Waals surface area contributed by atoms with Crippen LogP contribution in [0.3, 0.4) is 0 Å². The SMILES string of the molecule is Cn1cccc1[C@H]1CCCCCN1C(=O)COc1ccc(Cl)cc1Cl. The average Bonchev–Trinajstić information content (AvgIpc) is 2.86. The monoisotopic (exact) mass is 380 g/mol. The van der Waals surface area contributed by atoms with Gasteiger partial charge in [0.2, 0.25) is 0 Å². The van der Waals surface area contributed by atoms with Gasteiger partial charge in [0.1, 0.15) is 5.75 Å². The molecule has 3 rings (SSSR count). The van der Waals surface area contributed by atoms with Crippen molar-refractivity contribution >= 4 is 29.1 Å². The fraction of sp³-hybridized carbons (Fsp3) is 0.421. The molecule has 1 fully saturated rings. The van der Waals surface area contributed by atoms with Crippen LogP contribution in [0.2, 0.25) is 10.0 Å². The minimum atomic E-state index is -0.0255. The summed E-state index contributed by atoms with van der Waals surface area (Å²) in [5.74, 6) is 0.462. The van der Waals surface area contributed by atoms with Gasteiger partial charge in [0.15, 0.2) is 6.61 Å². The van der Waals surface area contributed by atoms with E-state index < -0.39 is 0 Å². The fourth-order valence-corrected chi connectivity index (χ4v) is 3.81. The Hall–Kier alpha value is -1.65. The zero-order valence-electron chi connectivity index (χ0n) is 14.3. The second kappa shape index (κ2) is 8.15. The van der Waals surface area contributed by atoms with Crippen molar-refractivity contribution in [3.05, 3.63) is 52.3 Å². The Morgan fingerprint density at radius 2 is 2.08 bits per heavy atom. The van der Waals surface area contributed by atoms with Gasteiger partial charge >= 0.3 is 0 Å². The van der Waals surface area contributed by atoms with E-state index in [1.165, 1.54) is 5.69 Å². The third kappa shape index (κ3) is 4.31. The Morgan fingerprint density at radius 3 is 2.80 bits per heavy atom. The molecule has 6 heteroatoms. The van der Waals surface area contributed by atoms with Crippen LogP contribution in [0.25, 0.3) is 0 Å². The second-order valence-corrected chi connectivity index (χ2v) is 7.20. The summed E-state index contributed by atoms with van der Waals surface area (Å²) < 4.78 is 7.75. The van der Waals surface area contributed by atoms with Crippen LogP contribution in [0.5, 0.6) is 5.75 Å². The van der Waals surface area contributed by atoms with Gasteiger partial charge in [-0.15, -0.1) is 0 Å². The molecule has 0 bridgehead atoms. The minimum absolute atomic E-state index is 0.0147. The molecule has 1 aliphatic rings. The molecule has 25 heavy (non-hydrogen) atoms. The quantitative estimate of drug-likeness (QED) is 0.759. The Bertz CT molecular complexity index is 745. The molecule has 1 aromatic heterocycles. The fourth-order valence-electron chi connectivity index (χ4n) is 3.35. The lowest BCUT2D eigenvalue weighted by Crippen LogP contribution is -2.38. The lowest BCUT2D eigenvalue weighted by atomic mass is 10.1. The van der Waals surface area contributed by atoms with Gasteiger partial charge in [0, 0.05) is 30.5 Å². The van der Waals surface area contributed by atoms with Crippen LogP contribution in [0.4, 0.5) is 0 Å². The lowest BCUT2D eigenvalue weighted by Gasteiger charge is -2.30. The van der Waals surface area contributed by atoms with Crippen LogP contribution in [0.1, 0.15) is 37.4 Å². The summed E-state index contributed by atoms with van der Waals surface area (Å²) >= 11 is 12.0. The van der Waals surface area contributed by atoms with Gasteiger partial charge < -0.3 is 14.2 Å². The van der Waals surface area contributed by atoms with E-state index in [4.69, 9.17) is 27.9 Å². The summed E-state index contributed by atoms with van der Waals surface area (Å²) in [6.45, 7) is 0.731. The predicted molar refractivity (Wildman–Crippen MR) is 100 cm³/mol. The van der Waals surface area contributed by atoms with Crippen LogP contribution in [0, 0.1) is 0 Å². The van der Waals surface area contributed by atoms with Crippen molar-refractivity contribution in [3.63, 3.8) is 0 Å². The molecule has 2 heterocycles. The molecule has 1 saturated heterocycles. The first-order valence-corrected chi connectivity index (χ1v) is 9.30. The number of nitrogens with zero attached hydrogens (tertiary/aromatic N) is 2. The van der Waals surface area contributed by atoms with E-state index in [9.17, 15) is 4.79 Å². The number of carbonyl (C=O) groups excluding carboxylic acids is 1. The molecule has 0 saturated carbocycles. The molecule has 1 aliphatic heterocycles. The summed E-state index contributed by atoms with van der Waals surface area (Å²) in [6, 6.07) is 9.21. The van der Waals surface area contributed by atoms with E-state index in [0.29, 0.717) is 15.8 Å².